The Labute approximate surface area is 233 Å². The Morgan fingerprint density at radius 3 is 2.03 bits per heavy atom. The third-order valence-electron chi connectivity index (χ3n) is 6.32. The van der Waals surface area contributed by atoms with Crippen LogP contribution in [0, 0.1) is 5.92 Å². The summed E-state index contributed by atoms with van der Waals surface area (Å²) in [7, 11) is 1.30. The molecule has 1 N–H and O–H groups in total. The van der Waals surface area contributed by atoms with Crippen molar-refractivity contribution in [3.05, 3.63) is 23.8 Å². The van der Waals surface area contributed by atoms with Crippen molar-refractivity contribution < 1.29 is 38.1 Å². The number of ether oxygens (including phenoxy) is 4. The third kappa shape index (κ3) is 14.7. The molecule has 0 aromatic heterocycles. The molecule has 39 heavy (non-hydrogen) atoms. The number of hydrogen-bond donors (Lipinski definition) is 1. The maximum Gasteiger partial charge on any atom is 0.323 e. The van der Waals surface area contributed by atoms with Crippen LogP contribution in [0.2, 0.25) is 0 Å². The number of unbranched alkanes of at least 4 members (excludes halogenated alkanes) is 4. The highest BCUT2D eigenvalue weighted by atomic mass is 16.6. The third-order valence-corrected chi connectivity index (χ3v) is 6.32. The van der Waals surface area contributed by atoms with Crippen molar-refractivity contribution in [2.45, 2.75) is 104 Å². The highest BCUT2D eigenvalue weighted by molar-refractivity contribution is 5.77. The number of hydrogen-bond acceptors (Lipinski definition) is 9. The molecule has 1 rings (SSSR count). The zero-order valence-corrected chi connectivity index (χ0v) is 24.3. The molecule has 0 aliphatic rings. The number of nitrogens with one attached hydrogen (secondary N) is 1. The van der Waals surface area contributed by atoms with E-state index < -0.39 is 23.9 Å². The summed E-state index contributed by atoms with van der Waals surface area (Å²) in [6.07, 6.45) is 7.22. The van der Waals surface area contributed by atoms with E-state index in [9.17, 15) is 19.2 Å². The maximum atomic E-state index is 12.4. The van der Waals surface area contributed by atoms with Crippen LogP contribution in [0.25, 0.3) is 0 Å². The summed E-state index contributed by atoms with van der Waals surface area (Å²) in [6.45, 7) is 8.49. The predicted molar refractivity (Wildman–Crippen MR) is 149 cm³/mol. The fraction of sp³-hybridized carbons (Fsp3) is 0.667. The molecule has 0 amide bonds. The molecule has 0 saturated carbocycles. The molecule has 0 aliphatic carbocycles. The standard InChI is InChI=1S/C30H47NO8/c1-6-9-11-13-27(32)38-25-16-15-23(21-26(25)39-28(33)14-12-10-7-2)20-24(30(35)36-5)31-17-18-37-29(34)19-22(4)8-3/h15-16,21-22,24,31H,6-14,17-20H2,1-5H3/t22?,24-/m0/s1. The van der Waals surface area contributed by atoms with Gasteiger partial charge >= 0.3 is 23.9 Å². The Hall–Kier alpha value is -2.94. The van der Waals surface area contributed by atoms with Crippen molar-refractivity contribution in [1.29, 1.82) is 0 Å². The van der Waals surface area contributed by atoms with Crippen molar-refractivity contribution in [3.63, 3.8) is 0 Å². The number of carbonyl (C=O) groups is 4. The van der Waals surface area contributed by atoms with Crippen molar-refractivity contribution in [1.82, 2.24) is 5.32 Å². The van der Waals surface area contributed by atoms with E-state index in [1.807, 2.05) is 20.8 Å². The molecule has 0 heterocycles. The van der Waals surface area contributed by atoms with Gasteiger partial charge in [-0.3, -0.25) is 19.2 Å². The number of carbonyl (C=O) groups excluding carboxylic acids is 4. The number of methoxy groups -OCH3 is 1. The van der Waals surface area contributed by atoms with Gasteiger partial charge in [-0.05, 0) is 42.9 Å². The summed E-state index contributed by atoms with van der Waals surface area (Å²) in [4.78, 5) is 49.1. The van der Waals surface area contributed by atoms with E-state index >= 15 is 0 Å². The fourth-order valence-electron chi connectivity index (χ4n) is 3.73. The van der Waals surface area contributed by atoms with E-state index in [-0.39, 0.29) is 55.8 Å². The highest BCUT2D eigenvalue weighted by Gasteiger charge is 2.22. The number of rotatable bonds is 20. The molecule has 1 aromatic carbocycles. The lowest BCUT2D eigenvalue weighted by Gasteiger charge is -2.18. The molecular weight excluding hydrogens is 502 g/mol. The lowest BCUT2D eigenvalue weighted by molar-refractivity contribution is -0.145. The van der Waals surface area contributed by atoms with Crippen LogP contribution in [-0.4, -0.2) is 50.2 Å². The maximum absolute atomic E-state index is 12.4. The van der Waals surface area contributed by atoms with Gasteiger partial charge in [0.15, 0.2) is 11.5 Å². The van der Waals surface area contributed by atoms with Gasteiger partial charge in [0.2, 0.25) is 0 Å². The summed E-state index contributed by atoms with van der Waals surface area (Å²) in [5.41, 5.74) is 0.675. The topological polar surface area (TPSA) is 117 Å². The molecular formula is C30H47NO8. The molecule has 0 radical (unpaired) electrons. The first-order valence-corrected chi connectivity index (χ1v) is 14.2. The van der Waals surface area contributed by atoms with Gasteiger partial charge < -0.3 is 24.3 Å². The molecule has 0 bridgehead atoms. The minimum absolute atomic E-state index is 0.121. The SMILES string of the molecule is CCCCCC(=O)Oc1ccc(C[C@H](NCCOC(=O)CC(C)CC)C(=O)OC)cc1OC(=O)CCCCC. The molecule has 2 atom stereocenters. The normalized spacial score (nSPS) is 12.3. The van der Waals surface area contributed by atoms with E-state index in [2.05, 4.69) is 12.2 Å². The van der Waals surface area contributed by atoms with Crippen LogP contribution in [0.15, 0.2) is 18.2 Å². The molecule has 0 fully saturated rings. The first-order chi connectivity index (χ1) is 18.7. The minimum atomic E-state index is -0.723. The molecule has 1 unspecified atom stereocenters. The van der Waals surface area contributed by atoms with Gasteiger partial charge in [0.05, 0.1) is 7.11 Å². The second-order valence-electron chi connectivity index (χ2n) is 9.82. The zero-order chi connectivity index (χ0) is 29.0. The van der Waals surface area contributed by atoms with Crippen LogP contribution in [0.3, 0.4) is 0 Å². The van der Waals surface area contributed by atoms with Crippen LogP contribution < -0.4 is 14.8 Å². The summed E-state index contributed by atoms with van der Waals surface area (Å²) >= 11 is 0. The van der Waals surface area contributed by atoms with Gasteiger partial charge in [0, 0.05) is 25.8 Å². The van der Waals surface area contributed by atoms with Crippen LogP contribution in [-0.2, 0) is 35.1 Å². The number of benzene rings is 1. The minimum Gasteiger partial charge on any atom is -0.468 e. The monoisotopic (exact) mass is 549 g/mol. The Kier molecular flexibility index (Phi) is 17.5. The van der Waals surface area contributed by atoms with Gasteiger partial charge in [-0.25, -0.2) is 0 Å². The molecule has 0 saturated heterocycles. The van der Waals surface area contributed by atoms with Crippen LogP contribution in [0.5, 0.6) is 11.5 Å². The summed E-state index contributed by atoms with van der Waals surface area (Å²) in [6, 6.07) is 4.18. The van der Waals surface area contributed by atoms with E-state index in [0.29, 0.717) is 18.4 Å². The van der Waals surface area contributed by atoms with Gasteiger partial charge in [0.25, 0.3) is 0 Å². The van der Waals surface area contributed by atoms with E-state index in [0.717, 1.165) is 38.5 Å². The van der Waals surface area contributed by atoms with Crippen molar-refractivity contribution in [2.75, 3.05) is 20.3 Å². The second-order valence-corrected chi connectivity index (χ2v) is 9.82. The Bertz CT molecular complexity index is 901. The molecule has 9 nitrogen and oxygen atoms in total. The van der Waals surface area contributed by atoms with Crippen LogP contribution in [0.4, 0.5) is 0 Å². The lowest BCUT2D eigenvalue weighted by Crippen LogP contribution is -2.41. The summed E-state index contributed by atoms with van der Waals surface area (Å²) < 4.78 is 21.3. The predicted octanol–water partition coefficient (Wildman–Crippen LogP) is 5.31. The summed E-state index contributed by atoms with van der Waals surface area (Å²) in [5, 5.41) is 3.07. The largest absolute Gasteiger partial charge is 0.468 e. The van der Waals surface area contributed by atoms with Crippen molar-refractivity contribution in [3.8, 4) is 11.5 Å². The molecule has 9 heteroatoms. The van der Waals surface area contributed by atoms with Gasteiger partial charge in [-0.1, -0.05) is 65.9 Å². The number of esters is 4. The average molecular weight is 550 g/mol. The van der Waals surface area contributed by atoms with E-state index in [1.54, 1.807) is 18.2 Å². The van der Waals surface area contributed by atoms with Gasteiger partial charge in [0.1, 0.15) is 12.6 Å². The first kappa shape index (κ1) is 34.1. The molecule has 0 spiro atoms. The smallest absolute Gasteiger partial charge is 0.323 e. The molecule has 220 valence electrons. The van der Waals surface area contributed by atoms with Crippen molar-refractivity contribution >= 4 is 23.9 Å². The Balaban J connectivity index is 2.93. The fourth-order valence-corrected chi connectivity index (χ4v) is 3.73. The lowest BCUT2D eigenvalue weighted by atomic mass is 10.0. The van der Waals surface area contributed by atoms with Crippen molar-refractivity contribution in [2.24, 2.45) is 5.92 Å². The zero-order valence-electron chi connectivity index (χ0n) is 24.3. The Morgan fingerprint density at radius 1 is 0.846 bits per heavy atom. The highest BCUT2D eigenvalue weighted by Crippen LogP contribution is 2.30. The average Bonchev–Trinajstić information content (AvgIpc) is 2.91. The quantitative estimate of drug-likeness (QED) is 0.131. The molecule has 0 aliphatic heterocycles. The molecule has 1 aromatic rings. The van der Waals surface area contributed by atoms with Crippen LogP contribution in [0.1, 0.15) is 97.5 Å². The first-order valence-electron chi connectivity index (χ1n) is 14.2. The van der Waals surface area contributed by atoms with E-state index in [1.165, 1.54) is 7.11 Å². The van der Waals surface area contributed by atoms with Gasteiger partial charge in [-0.15, -0.1) is 0 Å². The Morgan fingerprint density at radius 2 is 1.46 bits per heavy atom. The second kappa shape index (κ2) is 20.0. The summed E-state index contributed by atoms with van der Waals surface area (Å²) in [5.74, 6) is -0.999. The van der Waals surface area contributed by atoms with E-state index in [4.69, 9.17) is 18.9 Å². The van der Waals surface area contributed by atoms with Crippen LogP contribution >= 0.6 is 0 Å². The van der Waals surface area contributed by atoms with Gasteiger partial charge in [-0.2, -0.15) is 0 Å².